The number of nitrogens with zero attached hydrogens (tertiary/aromatic N) is 2. The molecule has 0 fully saturated rings. The van der Waals surface area contributed by atoms with E-state index >= 15 is 0 Å². The summed E-state index contributed by atoms with van der Waals surface area (Å²) in [5.41, 5.74) is 4.92. The fraction of sp³-hybridized carbons (Fsp3) is 0.263. The molecule has 2 heterocycles. The van der Waals surface area contributed by atoms with Crippen LogP contribution in [0.25, 0.3) is 22.0 Å². The van der Waals surface area contributed by atoms with E-state index in [0.717, 1.165) is 16.5 Å². The predicted octanol–water partition coefficient (Wildman–Crippen LogP) is 4.90. The fourth-order valence-corrected chi connectivity index (χ4v) is 2.50. The van der Waals surface area contributed by atoms with Crippen LogP contribution in [0.5, 0.6) is 0 Å². The average Bonchev–Trinajstić information content (AvgIpc) is 2.45. The molecule has 0 atom stereocenters. The van der Waals surface area contributed by atoms with Crippen LogP contribution in [-0.4, -0.2) is 9.97 Å². The summed E-state index contributed by atoms with van der Waals surface area (Å²) in [6.45, 7) is 8.86. The molecule has 0 unspecified atom stereocenters. The van der Waals surface area contributed by atoms with E-state index < -0.39 is 0 Å². The molecule has 106 valence electrons. The van der Waals surface area contributed by atoms with Crippen molar-refractivity contribution < 1.29 is 0 Å². The first-order valence-electron chi connectivity index (χ1n) is 7.26. The molecule has 2 nitrogen and oxygen atoms in total. The van der Waals surface area contributed by atoms with Crippen LogP contribution in [0.2, 0.25) is 0 Å². The van der Waals surface area contributed by atoms with Crippen LogP contribution in [0.15, 0.2) is 48.9 Å². The van der Waals surface area contributed by atoms with Gasteiger partial charge in [0.15, 0.2) is 0 Å². The Morgan fingerprint density at radius 3 is 2.48 bits per heavy atom. The Balaban J connectivity index is 2.16. The zero-order valence-corrected chi connectivity index (χ0v) is 13.0. The predicted molar refractivity (Wildman–Crippen MR) is 88.4 cm³/mol. The van der Waals surface area contributed by atoms with Crippen molar-refractivity contribution in [2.45, 2.75) is 33.1 Å². The van der Waals surface area contributed by atoms with Gasteiger partial charge in [-0.3, -0.25) is 9.97 Å². The van der Waals surface area contributed by atoms with E-state index in [1.54, 1.807) is 6.20 Å². The topological polar surface area (TPSA) is 25.8 Å². The molecule has 0 saturated carbocycles. The maximum absolute atomic E-state index is 4.61. The lowest BCUT2D eigenvalue weighted by molar-refractivity contribution is 0.590. The third-order valence-electron chi connectivity index (χ3n) is 3.76. The number of rotatable bonds is 1. The van der Waals surface area contributed by atoms with Crippen molar-refractivity contribution in [1.29, 1.82) is 0 Å². The Kier molecular flexibility index (Phi) is 3.25. The monoisotopic (exact) mass is 276 g/mol. The van der Waals surface area contributed by atoms with Crippen LogP contribution in [-0.2, 0) is 5.41 Å². The summed E-state index contributed by atoms with van der Waals surface area (Å²) in [4.78, 5) is 8.81. The molecule has 0 aliphatic rings. The SMILES string of the molecule is Cc1cc(-c2cc3cnccc3cn2)cc(C(C)(C)C)c1. The Bertz CT molecular complexity index is 798. The van der Waals surface area contributed by atoms with Crippen molar-refractivity contribution in [3.63, 3.8) is 0 Å². The van der Waals surface area contributed by atoms with E-state index in [1.165, 1.54) is 16.7 Å². The fourth-order valence-electron chi connectivity index (χ4n) is 2.50. The quantitative estimate of drug-likeness (QED) is 0.631. The van der Waals surface area contributed by atoms with E-state index in [-0.39, 0.29) is 5.41 Å². The normalized spacial score (nSPS) is 11.8. The second-order valence-corrected chi connectivity index (χ2v) is 6.63. The minimum atomic E-state index is 0.138. The summed E-state index contributed by atoms with van der Waals surface area (Å²) in [6, 6.07) is 10.8. The van der Waals surface area contributed by atoms with Crippen LogP contribution in [0.3, 0.4) is 0 Å². The lowest BCUT2D eigenvalue weighted by atomic mass is 9.85. The Morgan fingerprint density at radius 1 is 0.905 bits per heavy atom. The minimum Gasteiger partial charge on any atom is -0.264 e. The molecule has 0 aliphatic heterocycles. The van der Waals surface area contributed by atoms with E-state index in [9.17, 15) is 0 Å². The van der Waals surface area contributed by atoms with Gasteiger partial charge in [-0.2, -0.15) is 0 Å². The van der Waals surface area contributed by atoms with Crippen molar-refractivity contribution in [2.24, 2.45) is 0 Å². The number of hydrogen-bond donors (Lipinski definition) is 0. The van der Waals surface area contributed by atoms with Gasteiger partial charge in [-0.1, -0.05) is 32.4 Å². The molecule has 2 heteroatoms. The summed E-state index contributed by atoms with van der Waals surface area (Å²) >= 11 is 0. The number of hydrogen-bond acceptors (Lipinski definition) is 2. The second-order valence-electron chi connectivity index (χ2n) is 6.63. The van der Waals surface area contributed by atoms with E-state index in [4.69, 9.17) is 0 Å². The molecule has 0 aliphatic carbocycles. The molecular formula is C19H20N2. The number of fused-ring (bicyclic) bond motifs is 1. The zero-order chi connectivity index (χ0) is 15.0. The van der Waals surface area contributed by atoms with Gasteiger partial charge >= 0.3 is 0 Å². The van der Waals surface area contributed by atoms with Crippen LogP contribution >= 0.6 is 0 Å². The lowest BCUT2D eigenvalue weighted by Crippen LogP contribution is -2.11. The van der Waals surface area contributed by atoms with Crippen molar-refractivity contribution in [2.75, 3.05) is 0 Å². The highest BCUT2D eigenvalue weighted by Crippen LogP contribution is 2.29. The van der Waals surface area contributed by atoms with Crippen LogP contribution in [0.1, 0.15) is 31.9 Å². The van der Waals surface area contributed by atoms with Gasteiger partial charge in [0, 0.05) is 34.9 Å². The summed E-state index contributed by atoms with van der Waals surface area (Å²) in [6.07, 6.45) is 5.61. The highest BCUT2D eigenvalue weighted by Gasteiger charge is 2.15. The molecule has 0 bridgehead atoms. The molecular weight excluding hydrogens is 256 g/mol. The Labute approximate surface area is 125 Å². The van der Waals surface area contributed by atoms with Gasteiger partial charge < -0.3 is 0 Å². The molecule has 0 N–H and O–H groups in total. The van der Waals surface area contributed by atoms with Gasteiger partial charge in [-0.05, 0) is 42.2 Å². The van der Waals surface area contributed by atoms with E-state index in [2.05, 4.69) is 61.9 Å². The maximum atomic E-state index is 4.61. The largest absolute Gasteiger partial charge is 0.264 e. The van der Waals surface area contributed by atoms with Crippen molar-refractivity contribution in [3.8, 4) is 11.3 Å². The van der Waals surface area contributed by atoms with E-state index in [0.29, 0.717) is 0 Å². The lowest BCUT2D eigenvalue weighted by Gasteiger charge is -2.20. The molecule has 3 rings (SSSR count). The molecule has 0 spiro atoms. The third kappa shape index (κ3) is 2.80. The Hall–Kier alpha value is -2.22. The summed E-state index contributed by atoms with van der Waals surface area (Å²) in [7, 11) is 0. The molecule has 2 aromatic heterocycles. The average molecular weight is 276 g/mol. The van der Waals surface area contributed by atoms with Crippen molar-refractivity contribution >= 4 is 10.8 Å². The number of aromatic nitrogens is 2. The molecule has 0 saturated heterocycles. The van der Waals surface area contributed by atoms with Gasteiger partial charge in [0.1, 0.15) is 0 Å². The first kappa shape index (κ1) is 13.7. The van der Waals surface area contributed by atoms with Crippen LogP contribution < -0.4 is 0 Å². The number of pyridine rings is 2. The highest BCUT2D eigenvalue weighted by molar-refractivity contribution is 5.84. The number of benzene rings is 1. The summed E-state index contributed by atoms with van der Waals surface area (Å²) in [5, 5.41) is 2.25. The molecule has 3 aromatic rings. The van der Waals surface area contributed by atoms with Crippen molar-refractivity contribution in [3.05, 3.63) is 60.0 Å². The first-order valence-corrected chi connectivity index (χ1v) is 7.26. The molecule has 21 heavy (non-hydrogen) atoms. The summed E-state index contributed by atoms with van der Waals surface area (Å²) < 4.78 is 0. The Morgan fingerprint density at radius 2 is 1.71 bits per heavy atom. The van der Waals surface area contributed by atoms with Crippen LogP contribution in [0.4, 0.5) is 0 Å². The second kappa shape index (κ2) is 4.96. The smallest absolute Gasteiger partial charge is 0.0709 e. The van der Waals surface area contributed by atoms with E-state index in [1.807, 2.05) is 18.5 Å². The van der Waals surface area contributed by atoms with Gasteiger partial charge in [0.05, 0.1) is 5.69 Å². The molecule has 1 aromatic carbocycles. The van der Waals surface area contributed by atoms with Crippen molar-refractivity contribution in [1.82, 2.24) is 9.97 Å². The first-order chi connectivity index (χ1) is 9.93. The van der Waals surface area contributed by atoms with Gasteiger partial charge in [-0.15, -0.1) is 0 Å². The maximum Gasteiger partial charge on any atom is 0.0709 e. The van der Waals surface area contributed by atoms with Crippen LogP contribution in [0, 0.1) is 6.92 Å². The zero-order valence-electron chi connectivity index (χ0n) is 13.0. The number of aryl methyl sites for hydroxylation is 1. The third-order valence-corrected chi connectivity index (χ3v) is 3.76. The highest BCUT2D eigenvalue weighted by atomic mass is 14.7. The summed E-state index contributed by atoms with van der Waals surface area (Å²) in [5.74, 6) is 0. The van der Waals surface area contributed by atoms with Gasteiger partial charge in [-0.25, -0.2) is 0 Å². The molecule has 0 amide bonds. The van der Waals surface area contributed by atoms with Gasteiger partial charge in [0.2, 0.25) is 0 Å². The molecule has 0 radical (unpaired) electrons. The minimum absolute atomic E-state index is 0.138. The standard InChI is InChI=1S/C19H20N2/c1-13-7-15(9-17(8-13)19(2,3)4)18-10-16-11-20-6-5-14(16)12-21-18/h5-12H,1-4H3. The van der Waals surface area contributed by atoms with Gasteiger partial charge in [0.25, 0.3) is 0 Å².